The summed E-state index contributed by atoms with van der Waals surface area (Å²) in [6.45, 7) is 8.21. The highest BCUT2D eigenvalue weighted by Gasteiger charge is 2.20. The summed E-state index contributed by atoms with van der Waals surface area (Å²) in [4.78, 5) is 13.8. The van der Waals surface area contributed by atoms with E-state index in [-0.39, 0.29) is 5.91 Å². The highest BCUT2D eigenvalue weighted by Crippen LogP contribution is 2.12. The van der Waals surface area contributed by atoms with E-state index >= 15 is 0 Å². The number of carbonyl (C=O) groups is 1. The lowest BCUT2D eigenvalue weighted by Gasteiger charge is -2.23. The van der Waals surface area contributed by atoms with Crippen LogP contribution in [0.5, 0.6) is 0 Å². The van der Waals surface area contributed by atoms with Crippen molar-refractivity contribution < 1.29 is 4.79 Å². The molecule has 17 heavy (non-hydrogen) atoms. The molecule has 2 N–H and O–H groups in total. The summed E-state index contributed by atoms with van der Waals surface area (Å²) in [5.74, 6) is -0.115. The molecule has 0 aliphatic heterocycles. The number of hydrogen-bond acceptors (Lipinski definition) is 2. The fourth-order valence-corrected chi connectivity index (χ4v) is 1.57. The fourth-order valence-electron chi connectivity index (χ4n) is 1.57. The molecule has 0 bridgehead atoms. The zero-order chi connectivity index (χ0) is 12.7. The van der Waals surface area contributed by atoms with Crippen LogP contribution in [0, 0.1) is 0 Å². The average molecular weight is 230 g/mol. The van der Waals surface area contributed by atoms with Crippen LogP contribution in [-0.2, 0) is 4.79 Å². The Morgan fingerprint density at radius 1 is 1.24 bits per heavy atom. The number of rotatable bonds is 6. The van der Waals surface area contributed by atoms with Gasteiger partial charge in [0.15, 0.2) is 0 Å². The largest absolute Gasteiger partial charge is 0.334 e. The minimum Gasteiger partial charge on any atom is -0.334 e. The van der Waals surface area contributed by atoms with Crippen molar-refractivity contribution in [3.8, 4) is 0 Å². The summed E-state index contributed by atoms with van der Waals surface area (Å²) < 4.78 is 0. The average Bonchev–Trinajstić information content (AvgIpc) is 2.38. The van der Waals surface area contributed by atoms with Gasteiger partial charge in [0.25, 0.3) is 0 Å². The lowest BCUT2D eigenvalue weighted by molar-refractivity contribution is -0.131. The van der Waals surface area contributed by atoms with E-state index in [9.17, 15) is 4.79 Å². The lowest BCUT2D eigenvalue weighted by Crippen LogP contribution is -2.38. The quantitative estimate of drug-likeness (QED) is 0.758. The van der Waals surface area contributed by atoms with E-state index in [0.717, 1.165) is 5.56 Å². The Balaban J connectivity index is 2.79. The van der Waals surface area contributed by atoms with Crippen molar-refractivity contribution in [1.82, 2.24) is 4.90 Å². The molecule has 0 unspecified atom stereocenters. The van der Waals surface area contributed by atoms with Crippen LogP contribution in [0.15, 0.2) is 55.6 Å². The van der Waals surface area contributed by atoms with Gasteiger partial charge in [0.2, 0.25) is 5.91 Å². The third-order valence-electron chi connectivity index (χ3n) is 2.44. The second-order valence-electron chi connectivity index (χ2n) is 3.71. The van der Waals surface area contributed by atoms with Crippen molar-refractivity contribution in [3.63, 3.8) is 0 Å². The predicted octanol–water partition coefficient (Wildman–Crippen LogP) is 1.89. The van der Waals surface area contributed by atoms with Crippen LogP contribution in [0.4, 0.5) is 0 Å². The third-order valence-corrected chi connectivity index (χ3v) is 2.44. The van der Waals surface area contributed by atoms with Crippen molar-refractivity contribution in [2.75, 3.05) is 13.1 Å². The van der Waals surface area contributed by atoms with Crippen molar-refractivity contribution >= 4 is 5.91 Å². The summed E-state index contributed by atoms with van der Waals surface area (Å²) in [5, 5.41) is 0. The first-order valence-corrected chi connectivity index (χ1v) is 5.51. The summed E-state index contributed by atoms with van der Waals surface area (Å²) in [6.07, 6.45) is 3.36. The Labute approximate surface area is 102 Å². The van der Waals surface area contributed by atoms with Gasteiger partial charge in [-0.1, -0.05) is 42.5 Å². The highest BCUT2D eigenvalue weighted by atomic mass is 16.2. The maximum atomic E-state index is 12.1. The second-order valence-corrected chi connectivity index (χ2v) is 3.71. The molecular formula is C14H18N2O. The van der Waals surface area contributed by atoms with Gasteiger partial charge < -0.3 is 10.6 Å². The van der Waals surface area contributed by atoms with Crippen LogP contribution in [0.1, 0.15) is 11.6 Å². The molecule has 1 amide bonds. The van der Waals surface area contributed by atoms with E-state index < -0.39 is 6.04 Å². The van der Waals surface area contributed by atoms with Gasteiger partial charge in [-0.15, -0.1) is 13.2 Å². The standard InChI is InChI=1S/C14H18N2O/c1-3-10-16(11-4-2)14(17)13(15)12-8-6-5-7-9-12/h3-9,13H,1-2,10-11,15H2/t13-/m1/s1. The molecule has 3 heteroatoms. The molecule has 1 rings (SSSR count). The maximum absolute atomic E-state index is 12.1. The van der Waals surface area contributed by atoms with E-state index in [0.29, 0.717) is 13.1 Å². The first-order chi connectivity index (χ1) is 8.20. The Bertz CT molecular complexity index is 376. The SMILES string of the molecule is C=CCN(CC=C)C(=O)[C@H](N)c1ccccc1. The Morgan fingerprint density at radius 3 is 2.24 bits per heavy atom. The van der Waals surface area contributed by atoms with Crippen LogP contribution in [0.25, 0.3) is 0 Å². The number of nitrogens with two attached hydrogens (primary N) is 1. The van der Waals surface area contributed by atoms with E-state index in [4.69, 9.17) is 5.73 Å². The van der Waals surface area contributed by atoms with Gasteiger partial charge in [0, 0.05) is 13.1 Å². The minimum atomic E-state index is -0.629. The molecule has 90 valence electrons. The summed E-state index contributed by atoms with van der Waals surface area (Å²) in [7, 11) is 0. The maximum Gasteiger partial charge on any atom is 0.244 e. The summed E-state index contributed by atoms with van der Waals surface area (Å²) >= 11 is 0. The molecule has 0 aromatic heterocycles. The number of amides is 1. The normalized spacial score (nSPS) is 11.6. The second kappa shape index (κ2) is 6.66. The summed E-state index contributed by atoms with van der Waals surface area (Å²) in [6, 6.07) is 8.70. The fraction of sp³-hybridized carbons (Fsp3) is 0.214. The molecule has 0 saturated heterocycles. The molecule has 0 heterocycles. The van der Waals surface area contributed by atoms with Crippen LogP contribution < -0.4 is 5.73 Å². The molecule has 3 nitrogen and oxygen atoms in total. The third kappa shape index (κ3) is 3.57. The van der Waals surface area contributed by atoms with E-state index in [1.54, 1.807) is 17.1 Å². The van der Waals surface area contributed by atoms with Gasteiger partial charge >= 0.3 is 0 Å². The Kier molecular flexibility index (Phi) is 5.17. The van der Waals surface area contributed by atoms with Gasteiger partial charge in [-0.2, -0.15) is 0 Å². The van der Waals surface area contributed by atoms with E-state index in [1.165, 1.54) is 0 Å². The van der Waals surface area contributed by atoms with Crippen molar-refractivity contribution in [1.29, 1.82) is 0 Å². The molecular weight excluding hydrogens is 212 g/mol. The number of hydrogen-bond donors (Lipinski definition) is 1. The lowest BCUT2D eigenvalue weighted by atomic mass is 10.1. The van der Waals surface area contributed by atoms with Gasteiger partial charge in [-0.05, 0) is 5.56 Å². The summed E-state index contributed by atoms with van der Waals surface area (Å²) in [5.41, 5.74) is 6.76. The van der Waals surface area contributed by atoms with E-state index in [1.807, 2.05) is 30.3 Å². The highest BCUT2D eigenvalue weighted by molar-refractivity contribution is 5.83. The van der Waals surface area contributed by atoms with Crippen molar-refractivity contribution in [3.05, 3.63) is 61.2 Å². The van der Waals surface area contributed by atoms with Crippen LogP contribution in [-0.4, -0.2) is 23.9 Å². The van der Waals surface area contributed by atoms with Gasteiger partial charge in [-0.3, -0.25) is 4.79 Å². The molecule has 0 aliphatic rings. The van der Waals surface area contributed by atoms with Crippen molar-refractivity contribution in [2.45, 2.75) is 6.04 Å². The first-order valence-electron chi connectivity index (χ1n) is 5.51. The smallest absolute Gasteiger partial charge is 0.244 e. The van der Waals surface area contributed by atoms with Crippen LogP contribution in [0.3, 0.4) is 0 Å². The molecule has 1 aromatic rings. The first kappa shape index (κ1) is 13.2. The number of carbonyl (C=O) groups excluding carboxylic acids is 1. The molecule has 0 aliphatic carbocycles. The van der Waals surface area contributed by atoms with Crippen LogP contribution in [0.2, 0.25) is 0 Å². The Hall–Kier alpha value is -1.87. The number of benzene rings is 1. The topological polar surface area (TPSA) is 46.3 Å². The molecule has 1 aromatic carbocycles. The molecule has 1 atom stereocenters. The number of nitrogens with zero attached hydrogens (tertiary/aromatic N) is 1. The minimum absolute atomic E-state index is 0.115. The van der Waals surface area contributed by atoms with E-state index in [2.05, 4.69) is 13.2 Å². The monoisotopic (exact) mass is 230 g/mol. The van der Waals surface area contributed by atoms with Gasteiger partial charge in [-0.25, -0.2) is 0 Å². The zero-order valence-electron chi connectivity index (χ0n) is 9.88. The molecule has 0 fully saturated rings. The van der Waals surface area contributed by atoms with Gasteiger partial charge in [0.05, 0.1) is 0 Å². The van der Waals surface area contributed by atoms with Crippen molar-refractivity contribution in [2.24, 2.45) is 5.73 Å². The van der Waals surface area contributed by atoms with Crippen LogP contribution >= 0.6 is 0 Å². The Morgan fingerprint density at radius 2 is 1.76 bits per heavy atom. The predicted molar refractivity (Wildman–Crippen MR) is 70.3 cm³/mol. The molecule has 0 saturated carbocycles. The zero-order valence-corrected chi connectivity index (χ0v) is 9.88. The molecule has 0 radical (unpaired) electrons. The van der Waals surface area contributed by atoms with Gasteiger partial charge in [0.1, 0.15) is 6.04 Å². The molecule has 0 spiro atoms.